The zero-order valence-electron chi connectivity index (χ0n) is 71.3. The lowest BCUT2D eigenvalue weighted by Crippen LogP contribution is -2.71. The Hall–Kier alpha value is -4.12. The van der Waals surface area contributed by atoms with Gasteiger partial charge in [-0.25, -0.2) is 0 Å². The smallest absolute Gasteiger partial charge is 0.217 e. The zero-order chi connectivity index (χ0) is 97.1. The third-order valence-corrected chi connectivity index (χ3v) is 24.5. The Balaban J connectivity index is 0.970. The van der Waals surface area contributed by atoms with Gasteiger partial charge in [-0.1, -0.05) is 0 Å². The molecule has 0 bridgehead atoms. The first kappa shape index (κ1) is 108. The van der Waals surface area contributed by atoms with Crippen molar-refractivity contribution in [3.8, 4) is 0 Å². The van der Waals surface area contributed by atoms with E-state index in [4.69, 9.17) is 99.5 Å². The first-order valence-electron chi connectivity index (χ1n) is 42.4. The van der Waals surface area contributed by atoms with Gasteiger partial charge in [0.15, 0.2) is 69.2 Å². The molecule has 0 aliphatic carbocycles. The van der Waals surface area contributed by atoms with Crippen LogP contribution >= 0.6 is 0 Å². The standard InChI is InChI=1S/C74H124N4O54/c1-16-35(91)44(100)50(106)68(113-16)128-59-33(77-20(5)89)66(121-28(13-85)57(59)126-70-52(108)46(102)37(93)22(7-79)116-70)131-62-48(104)39(95)24(9-81)118-73(62)112-15-30-41(97)61(54(110)72(123-30)125-56-27(12-84)120-65(32(43(56)99)76-19(4)88)124-55-26(11-83)115-64(111)31(42(55)98)75-18(3)87)130-74-63(49(105)40(96)25(10-82)119-74)132-67-34(78-21(6)90)60(129-69-51(107)45(101)36(92)17(2)114-69)58(29(14-86)122-67)127-71-53(109)47(103)38(94)23(8-80)117-71/h16-17,22-74,79-86,91-111H,7-15H2,1-6H3,(H,75,87)(H,76,88)(H,77,89)(H,78,90)/t16-,17-,22+,23+,24+,25+,26+,27+,28+,29+,30+,31+,32+,33+,34+,35+,36+,37-,38-,39+,40+,41+,42+,43+,44+,45+,46-,47-,48-,49-,50-,51-,52+,53+,54-,55+,56+,57+,58+,59+,60+,61-,62-,63-,64?,65-,66-,67-,68-,69-,70-,71-,72-,73-,74+/m0/s1. The van der Waals surface area contributed by atoms with Crippen molar-refractivity contribution in [2.24, 2.45) is 0 Å². The van der Waals surface area contributed by atoms with Gasteiger partial charge in [0, 0.05) is 27.7 Å². The van der Waals surface area contributed by atoms with Crippen LogP contribution in [-0.4, -0.2) is 569 Å². The normalized spacial score (nSPS) is 50.4. The fourth-order valence-electron chi connectivity index (χ4n) is 17.3. The minimum Gasteiger partial charge on any atom is -0.394 e. The highest BCUT2D eigenvalue weighted by Gasteiger charge is 2.63. The van der Waals surface area contributed by atoms with E-state index in [1.54, 1.807) is 0 Å². The Kier molecular flexibility index (Phi) is 38.5. The molecule has 58 nitrogen and oxygen atoms in total. The molecule has 0 radical (unpaired) electrons. The molecule has 11 aliphatic heterocycles. The fraction of sp³-hybridized carbons (Fsp3) is 0.946. The molecule has 11 fully saturated rings. The van der Waals surface area contributed by atoms with Gasteiger partial charge in [-0.15, -0.1) is 0 Å². The number of ether oxygens (including phenoxy) is 21. The Bertz CT molecular complexity index is 3610. The summed E-state index contributed by atoms with van der Waals surface area (Å²) in [6, 6.07) is -7.84. The van der Waals surface area contributed by atoms with Crippen molar-refractivity contribution in [1.29, 1.82) is 0 Å². The number of hydrogen-bond donors (Lipinski definition) is 33. The molecule has 33 N–H and O–H groups in total. The van der Waals surface area contributed by atoms with Crippen LogP contribution in [0.2, 0.25) is 0 Å². The van der Waals surface area contributed by atoms with Crippen LogP contribution in [0.1, 0.15) is 41.5 Å². The van der Waals surface area contributed by atoms with Crippen LogP contribution in [0.3, 0.4) is 0 Å². The van der Waals surface area contributed by atoms with Gasteiger partial charge in [0.05, 0.1) is 71.7 Å². The number of aliphatic hydroxyl groups is 29. The second-order valence-electron chi connectivity index (χ2n) is 33.7. The number of aliphatic hydroxyl groups excluding tert-OH is 29. The van der Waals surface area contributed by atoms with E-state index in [0.717, 1.165) is 27.7 Å². The van der Waals surface area contributed by atoms with E-state index in [1.165, 1.54) is 13.8 Å². The van der Waals surface area contributed by atoms with E-state index in [0.29, 0.717) is 0 Å². The average molecular weight is 1930 g/mol. The van der Waals surface area contributed by atoms with Crippen LogP contribution in [0.4, 0.5) is 0 Å². The molecule has 764 valence electrons. The van der Waals surface area contributed by atoms with Gasteiger partial charge in [0.2, 0.25) is 23.6 Å². The molecule has 0 aromatic carbocycles. The molecular formula is C74H124N4O54. The van der Waals surface area contributed by atoms with Crippen molar-refractivity contribution in [2.75, 3.05) is 59.5 Å². The number of amides is 4. The summed E-state index contributed by atoms with van der Waals surface area (Å²) in [6.45, 7) is -4.47. The molecule has 11 saturated heterocycles. The van der Waals surface area contributed by atoms with E-state index in [9.17, 15) is 167 Å². The highest BCUT2D eigenvalue weighted by Crippen LogP contribution is 2.43. The van der Waals surface area contributed by atoms with Gasteiger partial charge in [-0.05, 0) is 13.8 Å². The second kappa shape index (κ2) is 47.0. The lowest BCUT2D eigenvalue weighted by Gasteiger charge is -2.52. The van der Waals surface area contributed by atoms with Gasteiger partial charge in [-0.2, -0.15) is 0 Å². The van der Waals surface area contributed by atoms with E-state index in [1.807, 2.05) is 0 Å². The molecule has 0 aromatic rings. The second-order valence-corrected chi connectivity index (χ2v) is 33.7. The monoisotopic (exact) mass is 1930 g/mol. The van der Waals surface area contributed by atoms with Crippen LogP contribution in [0.25, 0.3) is 0 Å². The quantitative estimate of drug-likeness (QED) is 0.0290. The molecule has 0 aromatic heterocycles. The van der Waals surface area contributed by atoms with E-state index in [2.05, 4.69) is 21.3 Å². The van der Waals surface area contributed by atoms with Crippen LogP contribution in [-0.2, 0) is 119 Å². The Morgan fingerprint density at radius 3 is 0.864 bits per heavy atom. The first-order valence-corrected chi connectivity index (χ1v) is 42.4. The van der Waals surface area contributed by atoms with E-state index >= 15 is 0 Å². The van der Waals surface area contributed by atoms with Crippen molar-refractivity contribution >= 4 is 23.6 Å². The van der Waals surface area contributed by atoms with Gasteiger partial charge in [-0.3, -0.25) is 19.2 Å². The number of carbonyl (C=O) groups excluding carboxylic acids is 4. The Labute approximate surface area is 748 Å². The Morgan fingerprint density at radius 1 is 0.212 bits per heavy atom. The third-order valence-electron chi connectivity index (χ3n) is 24.5. The van der Waals surface area contributed by atoms with Gasteiger partial charge in [0.25, 0.3) is 0 Å². The molecule has 11 rings (SSSR count). The van der Waals surface area contributed by atoms with E-state index < -0.39 is 421 Å². The van der Waals surface area contributed by atoms with Crippen molar-refractivity contribution in [3.63, 3.8) is 0 Å². The van der Waals surface area contributed by atoms with Crippen LogP contribution < -0.4 is 21.3 Å². The summed E-state index contributed by atoms with van der Waals surface area (Å²) in [7, 11) is 0. The predicted molar refractivity (Wildman–Crippen MR) is 406 cm³/mol. The van der Waals surface area contributed by atoms with Crippen molar-refractivity contribution < 1.29 is 267 Å². The number of hydrogen-bond acceptors (Lipinski definition) is 54. The number of carbonyl (C=O) groups is 4. The SMILES string of the molecule is CC(=O)N[C@H]1[C@H](O[C@H]2[C@H](O)[C@@H](NC(C)=O)C(O)O[C@@H]2CO)O[C@H](CO)[C@@H](O[C@@H]2O[C@H](CO[C@H]3O[C@H](CO)[C@@H](O)[C@H](O)[C@@H]3O[C@@H]3O[C@H](CO)[C@@H](O[C@@H]4O[C@H](CO)[C@H](O)[C@H](O)[C@H]4O)[C@H](O[C@@H]4O[C@@H](C)[C@@H](O)[C@@H](O)[C@@H]4O)[C@H]3NC(C)=O)[C@@H](O)[C@H](O[C@H]3O[C@H](CO)[C@@H](O)[C@H](O)[C@@H]3O[C@@H]3O[C@H](CO)[C@@H](O[C@@H]4O[C@H](CO)[C@H](O)[C@H](O)[C@H]4O)[C@H](O[C@@H]4O[C@@H](C)[C@@H](O)[C@@H](O)[C@@H]4O)[C@H]3NC(C)=O)[C@@H]2O)[C@@H]1O. The molecule has 132 heavy (non-hydrogen) atoms. The fourth-order valence-corrected chi connectivity index (χ4v) is 17.3. The highest BCUT2D eigenvalue weighted by atomic mass is 16.8. The van der Waals surface area contributed by atoms with Crippen LogP contribution in [0, 0.1) is 0 Å². The topological polar surface area (TPSA) is 897 Å². The molecule has 4 amide bonds. The van der Waals surface area contributed by atoms with Crippen molar-refractivity contribution in [1.82, 2.24) is 21.3 Å². The van der Waals surface area contributed by atoms with E-state index in [-0.39, 0.29) is 0 Å². The minimum atomic E-state index is -2.69. The zero-order valence-corrected chi connectivity index (χ0v) is 71.3. The lowest BCUT2D eigenvalue weighted by molar-refractivity contribution is -0.404. The number of rotatable bonds is 33. The molecule has 11 heterocycles. The van der Waals surface area contributed by atoms with Gasteiger partial charge < -0.3 is 269 Å². The number of nitrogens with one attached hydrogen (secondary N) is 4. The van der Waals surface area contributed by atoms with Crippen molar-refractivity contribution in [3.05, 3.63) is 0 Å². The van der Waals surface area contributed by atoms with Crippen LogP contribution in [0.15, 0.2) is 0 Å². The highest BCUT2D eigenvalue weighted by molar-refractivity contribution is 5.74. The van der Waals surface area contributed by atoms with Gasteiger partial charge in [0.1, 0.15) is 256 Å². The minimum absolute atomic E-state index is 0.817. The molecule has 11 aliphatic rings. The summed E-state index contributed by atoms with van der Waals surface area (Å²) in [5.41, 5.74) is 0. The maximum Gasteiger partial charge on any atom is 0.217 e. The Morgan fingerprint density at radius 2 is 0.470 bits per heavy atom. The lowest BCUT2D eigenvalue weighted by atomic mass is 9.93. The third kappa shape index (κ3) is 23.5. The van der Waals surface area contributed by atoms with Gasteiger partial charge >= 0.3 is 0 Å². The van der Waals surface area contributed by atoms with Crippen LogP contribution in [0.5, 0.6) is 0 Å². The first-order chi connectivity index (χ1) is 62.4. The maximum atomic E-state index is 13.6. The summed E-state index contributed by atoms with van der Waals surface area (Å²) in [5, 5.41) is 336. The molecular weight excluding hydrogens is 1810 g/mol. The summed E-state index contributed by atoms with van der Waals surface area (Å²) in [5.74, 6) is -3.88. The summed E-state index contributed by atoms with van der Waals surface area (Å²) in [4.78, 5) is 52.6. The molecule has 0 saturated carbocycles. The summed E-state index contributed by atoms with van der Waals surface area (Å²) < 4.78 is 127. The summed E-state index contributed by atoms with van der Waals surface area (Å²) in [6.07, 6.45) is -109. The average Bonchev–Trinajstić information content (AvgIpc) is 0.757. The largest absolute Gasteiger partial charge is 0.394 e. The summed E-state index contributed by atoms with van der Waals surface area (Å²) >= 11 is 0. The predicted octanol–water partition coefficient (Wildman–Crippen LogP) is -22.3. The molecule has 1 unspecified atom stereocenters. The molecule has 55 atom stereocenters. The van der Waals surface area contributed by atoms with Crippen molar-refractivity contribution in [2.45, 2.75) is 379 Å². The molecule has 58 heteroatoms. The molecule has 0 spiro atoms. The maximum absolute atomic E-state index is 13.6.